The normalized spacial score (nSPS) is 29.6. The Morgan fingerprint density at radius 1 is 1.50 bits per heavy atom. The van der Waals surface area contributed by atoms with Gasteiger partial charge >= 0.3 is 0 Å². The van der Waals surface area contributed by atoms with Crippen molar-refractivity contribution < 1.29 is 4.79 Å². The summed E-state index contributed by atoms with van der Waals surface area (Å²) in [6.45, 7) is 1.95. The number of aromatic nitrogens is 1. The van der Waals surface area contributed by atoms with Gasteiger partial charge < -0.3 is 10.6 Å². The minimum absolute atomic E-state index is 0.0380. The molecule has 1 amide bonds. The van der Waals surface area contributed by atoms with Crippen LogP contribution in [0.1, 0.15) is 24.8 Å². The molecule has 1 saturated heterocycles. The number of amides is 1. The molecule has 1 aromatic rings. The van der Waals surface area contributed by atoms with Crippen molar-refractivity contribution in [3.63, 3.8) is 0 Å². The van der Waals surface area contributed by atoms with Crippen molar-refractivity contribution >= 4 is 27.7 Å². The minimum atomic E-state index is -0.0380. The second kappa shape index (κ2) is 4.63. The molecule has 2 heterocycles. The third kappa shape index (κ3) is 2.17. The molecule has 2 fully saturated rings. The fourth-order valence-corrected chi connectivity index (χ4v) is 3.29. The van der Waals surface area contributed by atoms with Gasteiger partial charge in [-0.25, -0.2) is 4.98 Å². The Labute approximate surface area is 115 Å². The first kappa shape index (κ1) is 12.1. The Balaban J connectivity index is 1.72. The molecule has 96 valence electrons. The molecule has 1 saturated carbocycles. The summed E-state index contributed by atoms with van der Waals surface area (Å²) in [5, 5.41) is 6.33. The lowest BCUT2D eigenvalue weighted by atomic mass is 9.99. The van der Waals surface area contributed by atoms with Gasteiger partial charge in [-0.2, -0.15) is 0 Å². The van der Waals surface area contributed by atoms with Crippen LogP contribution in [0, 0.1) is 12.8 Å². The summed E-state index contributed by atoms with van der Waals surface area (Å²) < 4.78 is 0.740. The highest BCUT2D eigenvalue weighted by Crippen LogP contribution is 2.35. The Morgan fingerprint density at radius 3 is 3.00 bits per heavy atom. The largest absolute Gasteiger partial charge is 0.309 e. The van der Waals surface area contributed by atoms with Crippen molar-refractivity contribution in [2.24, 2.45) is 5.92 Å². The average Bonchev–Trinajstić information content (AvgIpc) is 2.96. The van der Waals surface area contributed by atoms with Crippen LogP contribution in [0.15, 0.2) is 16.7 Å². The van der Waals surface area contributed by atoms with E-state index in [4.69, 9.17) is 0 Å². The fourth-order valence-electron chi connectivity index (χ4n) is 2.98. The smallest absolute Gasteiger partial charge is 0.242 e. The molecule has 3 rings (SSSR count). The predicted octanol–water partition coefficient (Wildman–Crippen LogP) is 2.23. The highest BCUT2D eigenvalue weighted by molar-refractivity contribution is 9.10. The number of piperidine rings is 1. The summed E-state index contributed by atoms with van der Waals surface area (Å²) in [6.07, 6.45) is 3.52. The molecule has 18 heavy (non-hydrogen) atoms. The maximum atomic E-state index is 12.2. The first-order valence-electron chi connectivity index (χ1n) is 6.33. The average molecular weight is 310 g/mol. The molecule has 0 aromatic carbocycles. The molecule has 0 radical (unpaired) electrons. The van der Waals surface area contributed by atoms with Crippen molar-refractivity contribution in [2.75, 3.05) is 5.32 Å². The zero-order valence-corrected chi connectivity index (χ0v) is 11.8. The van der Waals surface area contributed by atoms with Crippen LogP contribution in [0.5, 0.6) is 0 Å². The van der Waals surface area contributed by atoms with Gasteiger partial charge in [0.1, 0.15) is 10.4 Å². The van der Waals surface area contributed by atoms with Crippen LogP contribution in [-0.2, 0) is 4.79 Å². The van der Waals surface area contributed by atoms with E-state index in [0.717, 1.165) is 16.6 Å². The molecule has 2 N–H and O–H groups in total. The number of nitrogens with one attached hydrogen (secondary N) is 2. The minimum Gasteiger partial charge on any atom is -0.309 e. The van der Waals surface area contributed by atoms with Gasteiger partial charge in [0.2, 0.25) is 5.91 Å². The highest BCUT2D eigenvalue weighted by Gasteiger charge is 2.42. The van der Waals surface area contributed by atoms with Gasteiger partial charge in [-0.05, 0) is 59.7 Å². The summed E-state index contributed by atoms with van der Waals surface area (Å²) in [6, 6.07) is 4.33. The second-order valence-corrected chi connectivity index (χ2v) is 6.02. The Kier molecular flexibility index (Phi) is 3.11. The van der Waals surface area contributed by atoms with E-state index < -0.39 is 0 Å². The van der Waals surface area contributed by atoms with Crippen LogP contribution in [-0.4, -0.2) is 23.0 Å². The van der Waals surface area contributed by atoms with Crippen LogP contribution in [0.2, 0.25) is 0 Å². The number of carbonyl (C=O) groups excluding carboxylic acids is 1. The third-order valence-electron chi connectivity index (χ3n) is 3.95. The molecule has 5 heteroatoms. The van der Waals surface area contributed by atoms with Gasteiger partial charge in [-0.15, -0.1) is 0 Å². The Bertz CT molecular complexity index is 491. The third-order valence-corrected chi connectivity index (χ3v) is 4.39. The summed E-state index contributed by atoms with van der Waals surface area (Å²) in [4.78, 5) is 16.5. The second-order valence-electron chi connectivity index (χ2n) is 5.20. The van der Waals surface area contributed by atoms with E-state index in [9.17, 15) is 4.79 Å². The zero-order chi connectivity index (χ0) is 12.7. The topological polar surface area (TPSA) is 54.0 Å². The van der Waals surface area contributed by atoms with E-state index in [1.54, 1.807) is 0 Å². The molecule has 0 spiro atoms. The fraction of sp³-hybridized carbons (Fsp3) is 0.538. The van der Waals surface area contributed by atoms with Crippen LogP contribution >= 0.6 is 15.9 Å². The summed E-state index contributed by atoms with van der Waals surface area (Å²) in [5.74, 6) is 1.21. The van der Waals surface area contributed by atoms with Gasteiger partial charge in [0.05, 0.1) is 6.04 Å². The number of nitrogens with zero attached hydrogens (tertiary/aromatic N) is 1. The van der Waals surface area contributed by atoms with Gasteiger partial charge in [-0.1, -0.05) is 6.07 Å². The molecule has 2 aliphatic rings. The first-order valence-corrected chi connectivity index (χ1v) is 7.13. The summed E-state index contributed by atoms with van der Waals surface area (Å²) >= 11 is 3.32. The molecule has 1 unspecified atom stereocenters. The molecule has 3 atom stereocenters. The quantitative estimate of drug-likeness (QED) is 0.824. The number of fused-ring (bicyclic) bond motifs is 2. The van der Waals surface area contributed by atoms with Crippen LogP contribution in [0.25, 0.3) is 0 Å². The van der Waals surface area contributed by atoms with Gasteiger partial charge in [-0.3, -0.25) is 4.79 Å². The number of halogens is 1. The number of aryl methyl sites for hydroxylation is 1. The summed E-state index contributed by atoms with van der Waals surface area (Å²) in [5.41, 5.74) is 0.981. The van der Waals surface area contributed by atoms with Gasteiger partial charge in [0, 0.05) is 6.04 Å². The maximum absolute atomic E-state index is 12.2. The molecular weight excluding hydrogens is 294 g/mol. The highest BCUT2D eigenvalue weighted by atomic mass is 79.9. The standard InChI is InChI=1S/C13H16BrN3O/c1-7-2-5-10(14)16-12(7)17-13(18)11-8-3-4-9(6-8)15-11/h2,5,8-9,11,15H,3-4,6H2,1H3,(H,16,17,18)/t8-,9?,11-/m0/s1. The van der Waals surface area contributed by atoms with E-state index in [2.05, 4.69) is 31.5 Å². The lowest BCUT2D eigenvalue weighted by Gasteiger charge is -2.22. The van der Waals surface area contributed by atoms with Crippen LogP contribution in [0.4, 0.5) is 5.82 Å². The summed E-state index contributed by atoms with van der Waals surface area (Å²) in [7, 11) is 0. The van der Waals surface area contributed by atoms with Crippen molar-refractivity contribution in [3.8, 4) is 0 Å². The zero-order valence-electron chi connectivity index (χ0n) is 10.2. The number of rotatable bonds is 2. The first-order chi connectivity index (χ1) is 8.63. The van der Waals surface area contributed by atoms with Crippen molar-refractivity contribution in [1.29, 1.82) is 0 Å². The molecular formula is C13H16BrN3O. The van der Waals surface area contributed by atoms with Crippen molar-refractivity contribution in [1.82, 2.24) is 10.3 Å². The lowest BCUT2D eigenvalue weighted by Crippen LogP contribution is -2.44. The van der Waals surface area contributed by atoms with Crippen LogP contribution < -0.4 is 10.6 Å². The molecule has 1 aliphatic carbocycles. The maximum Gasteiger partial charge on any atom is 0.242 e. The van der Waals surface area contributed by atoms with E-state index >= 15 is 0 Å². The van der Waals surface area contributed by atoms with E-state index in [-0.39, 0.29) is 11.9 Å². The Hall–Kier alpha value is -0.940. The number of pyridine rings is 1. The molecule has 2 bridgehead atoms. The predicted molar refractivity (Wildman–Crippen MR) is 73.4 cm³/mol. The lowest BCUT2D eigenvalue weighted by molar-refractivity contribution is -0.119. The van der Waals surface area contributed by atoms with Crippen molar-refractivity contribution in [2.45, 2.75) is 38.3 Å². The number of anilines is 1. The van der Waals surface area contributed by atoms with E-state index in [1.165, 1.54) is 12.8 Å². The van der Waals surface area contributed by atoms with Crippen LogP contribution in [0.3, 0.4) is 0 Å². The van der Waals surface area contributed by atoms with Gasteiger partial charge in [0.25, 0.3) is 0 Å². The van der Waals surface area contributed by atoms with E-state index in [0.29, 0.717) is 17.8 Å². The SMILES string of the molecule is Cc1ccc(Br)nc1NC(=O)[C@H]1NC2CC[C@H]1C2. The van der Waals surface area contributed by atoms with Crippen molar-refractivity contribution in [3.05, 3.63) is 22.3 Å². The number of hydrogen-bond acceptors (Lipinski definition) is 3. The molecule has 1 aliphatic heterocycles. The number of carbonyl (C=O) groups is 1. The number of hydrogen-bond donors (Lipinski definition) is 2. The molecule has 4 nitrogen and oxygen atoms in total. The Morgan fingerprint density at radius 2 is 2.33 bits per heavy atom. The van der Waals surface area contributed by atoms with Gasteiger partial charge in [0.15, 0.2) is 0 Å². The van der Waals surface area contributed by atoms with E-state index in [1.807, 2.05) is 19.1 Å². The molecule has 1 aromatic heterocycles. The monoisotopic (exact) mass is 309 g/mol.